The van der Waals surface area contributed by atoms with Crippen molar-refractivity contribution in [1.82, 2.24) is 20.0 Å². The van der Waals surface area contributed by atoms with Crippen LogP contribution >= 0.6 is 0 Å². The SMILES string of the molecule is COc1ccc(-c2noc(-c3ccc(NCCN4CCOCC4)nc3)n2)cc1. The van der Waals surface area contributed by atoms with Crippen LogP contribution in [-0.4, -0.2) is 66.5 Å². The number of benzene rings is 1. The standard InChI is InChI=1S/C20H23N5O3/c1-26-17-5-2-15(3-6-17)19-23-20(28-24-19)16-4-7-18(22-14-16)21-8-9-25-10-12-27-13-11-25/h2-7,14H,8-13H2,1H3,(H,21,22). The molecule has 2 aromatic heterocycles. The van der Waals surface area contributed by atoms with Crippen LogP contribution in [0.5, 0.6) is 5.75 Å². The molecule has 1 N–H and O–H groups in total. The van der Waals surface area contributed by atoms with Crippen LogP contribution in [0.3, 0.4) is 0 Å². The Labute approximate surface area is 163 Å². The lowest BCUT2D eigenvalue weighted by Gasteiger charge is -2.26. The zero-order chi connectivity index (χ0) is 19.2. The summed E-state index contributed by atoms with van der Waals surface area (Å²) in [5.74, 6) is 2.59. The first-order valence-corrected chi connectivity index (χ1v) is 9.30. The number of aromatic nitrogens is 3. The van der Waals surface area contributed by atoms with Crippen molar-refractivity contribution in [2.75, 3.05) is 51.8 Å². The number of nitrogens with one attached hydrogen (secondary N) is 1. The molecule has 1 aliphatic heterocycles. The number of rotatable bonds is 7. The van der Waals surface area contributed by atoms with E-state index in [1.165, 1.54) is 0 Å². The van der Waals surface area contributed by atoms with E-state index < -0.39 is 0 Å². The van der Waals surface area contributed by atoms with Crippen LogP contribution in [0.15, 0.2) is 47.1 Å². The number of ether oxygens (including phenoxy) is 2. The lowest BCUT2D eigenvalue weighted by molar-refractivity contribution is 0.0398. The van der Waals surface area contributed by atoms with Gasteiger partial charge >= 0.3 is 0 Å². The van der Waals surface area contributed by atoms with Gasteiger partial charge in [0.2, 0.25) is 5.82 Å². The molecule has 146 valence electrons. The van der Waals surface area contributed by atoms with E-state index in [9.17, 15) is 0 Å². The zero-order valence-corrected chi connectivity index (χ0v) is 15.8. The van der Waals surface area contributed by atoms with E-state index in [1.54, 1.807) is 13.3 Å². The lowest BCUT2D eigenvalue weighted by Crippen LogP contribution is -2.39. The van der Waals surface area contributed by atoms with E-state index in [2.05, 4.69) is 25.3 Å². The second-order valence-corrected chi connectivity index (χ2v) is 6.46. The Kier molecular flexibility index (Phi) is 5.79. The van der Waals surface area contributed by atoms with Crippen molar-refractivity contribution in [3.05, 3.63) is 42.6 Å². The number of morpholine rings is 1. The molecular weight excluding hydrogens is 358 g/mol. The van der Waals surface area contributed by atoms with Gasteiger partial charge in [-0.1, -0.05) is 5.16 Å². The number of pyridine rings is 1. The highest BCUT2D eigenvalue weighted by Crippen LogP contribution is 2.24. The molecule has 8 heteroatoms. The van der Waals surface area contributed by atoms with Crippen molar-refractivity contribution in [2.45, 2.75) is 0 Å². The van der Waals surface area contributed by atoms with Gasteiger partial charge in [-0.2, -0.15) is 4.98 Å². The Hall–Kier alpha value is -2.97. The smallest absolute Gasteiger partial charge is 0.259 e. The summed E-state index contributed by atoms with van der Waals surface area (Å²) >= 11 is 0. The van der Waals surface area contributed by atoms with Crippen molar-refractivity contribution in [1.29, 1.82) is 0 Å². The zero-order valence-electron chi connectivity index (χ0n) is 15.8. The van der Waals surface area contributed by atoms with Gasteiger partial charge in [-0.3, -0.25) is 4.90 Å². The molecule has 3 aromatic rings. The fraction of sp³-hybridized carbons (Fsp3) is 0.350. The molecule has 28 heavy (non-hydrogen) atoms. The molecular formula is C20H23N5O3. The van der Waals surface area contributed by atoms with Crippen LogP contribution in [0.2, 0.25) is 0 Å². The van der Waals surface area contributed by atoms with Gasteiger partial charge in [0.15, 0.2) is 0 Å². The minimum atomic E-state index is 0.443. The van der Waals surface area contributed by atoms with Gasteiger partial charge in [-0.15, -0.1) is 0 Å². The van der Waals surface area contributed by atoms with Crippen molar-refractivity contribution in [3.8, 4) is 28.6 Å². The minimum Gasteiger partial charge on any atom is -0.497 e. The van der Waals surface area contributed by atoms with Crippen molar-refractivity contribution < 1.29 is 14.0 Å². The van der Waals surface area contributed by atoms with E-state index in [0.717, 1.165) is 62.1 Å². The predicted molar refractivity (Wildman–Crippen MR) is 105 cm³/mol. The summed E-state index contributed by atoms with van der Waals surface area (Å²) < 4.78 is 15.9. The van der Waals surface area contributed by atoms with Gasteiger partial charge < -0.3 is 19.3 Å². The summed E-state index contributed by atoms with van der Waals surface area (Å²) in [7, 11) is 1.63. The maximum Gasteiger partial charge on any atom is 0.259 e. The number of anilines is 1. The molecule has 8 nitrogen and oxygen atoms in total. The van der Waals surface area contributed by atoms with Gasteiger partial charge in [0, 0.05) is 37.9 Å². The molecule has 0 spiro atoms. The van der Waals surface area contributed by atoms with E-state index in [4.69, 9.17) is 14.0 Å². The maximum atomic E-state index is 5.39. The van der Waals surface area contributed by atoms with Gasteiger partial charge in [0.1, 0.15) is 11.6 Å². The average Bonchev–Trinajstić information content (AvgIpc) is 3.25. The molecule has 0 amide bonds. The molecule has 1 fully saturated rings. The predicted octanol–water partition coefficient (Wildman–Crippen LogP) is 2.55. The molecule has 4 rings (SSSR count). The summed E-state index contributed by atoms with van der Waals surface area (Å²) in [5, 5.41) is 7.40. The van der Waals surface area contributed by atoms with E-state index in [0.29, 0.717) is 11.7 Å². The van der Waals surface area contributed by atoms with Gasteiger partial charge in [0.05, 0.1) is 25.9 Å². The highest BCUT2D eigenvalue weighted by atomic mass is 16.5. The van der Waals surface area contributed by atoms with Gasteiger partial charge in [-0.05, 0) is 36.4 Å². The summed E-state index contributed by atoms with van der Waals surface area (Å²) in [6, 6.07) is 11.4. The normalized spacial score (nSPS) is 14.8. The third kappa shape index (κ3) is 4.47. The number of nitrogens with zero attached hydrogens (tertiary/aromatic N) is 4. The Morgan fingerprint density at radius 3 is 2.57 bits per heavy atom. The monoisotopic (exact) mass is 381 g/mol. The molecule has 0 unspecified atom stereocenters. The fourth-order valence-electron chi connectivity index (χ4n) is 2.99. The second-order valence-electron chi connectivity index (χ2n) is 6.46. The Bertz CT molecular complexity index is 874. The van der Waals surface area contributed by atoms with E-state index >= 15 is 0 Å². The lowest BCUT2D eigenvalue weighted by atomic mass is 10.2. The quantitative estimate of drug-likeness (QED) is 0.668. The molecule has 0 bridgehead atoms. The third-order valence-corrected chi connectivity index (χ3v) is 4.62. The molecule has 1 aliphatic rings. The minimum absolute atomic E-state index is 0.443. The number of hydrogen-bond acceptors (Lipinski definition) is 8. The summed E-state index contributed by atoms with van der Waals surface area (Å²) in [6.45, 7) is 5.42. The van der Waals surface area contributed by atoms with Crippen LogP contribution in [0.4, 0.5) is 5.82 Å². The van der Waals surface area contributed by atoms with Crippen molar-refractivity contribution in [3.63, 3.8) is 0 Å². The van der Waals surface area contributed by atoms with Crippen LogP contribution in [-0.2, 0) is 4.74 Å². The second kappa shape index (κ2) is 8.81. The van der Waals surface area contributed by atoms with Crippen LogP contribution in [0.1, 0.15) is 0 Å². The highest BCUT2D eigenvalue weighted by molar-refractivity contribution is 5.60. The molecule has 0 atom stereocenters. The van der Waals surface area contributed by atoms with Crippen molar-refractivity contribution in [2.24, 2.45) is 0 Å². The maximum absolute atomic E-state index is 5.39. The van der Waals surface area contributed by atoms with E-state index in [1.807, 2.05) is 36.4 Å². The third-order valence-electron chi connectivity index (χ3n) is 4.62. The molecule has 0 radical (unpaired) electrons. The average molecular weight is 381 g/mol. The molecule has 3 heterocycles. The first kappa shape index (κ1) is 18.4. The van der Waals surface area contributed by atoms with Crippen molar-refractivity contribution >= 4 is 5.82 Å². The Morgan fingerprint density at radius 1 is 1.07 bits per heavy atom. The van der Waals surface area contributed by atoms with Crippen LogP contribution in [0.25, 0.3) is 22.8 Å². The molecule has 1 saturated heterocycles. The first-order valence-electron chi connectivity index (χ1n) is 9.30. The molecule has 0 saturated carbocycles. The van der Waals surface area contributed by atoms with Crippen LogP contribution in [0, 0.1) is 0 Å². The summed E-state index contributed by atoms with van der Waals surface area (Å²) in [5.41, 5.74) is 1.65. The highest BCUT2D eigenvalue weighted by Gasteiger charge is 2.12. The fourth-order valence-corrected chi connectivity index (χ4v) is 2.99. The summed E-state index contributed by atoms with van der Waals surface area (Å²) in [6.07, 6.45) is 1.74. The van der Waals surface area contributed by atoms with Gasteiger partial charge in [-0.25, -0.2) is 4.98 Å². The Balaban J connectivity index is 1.35. The first-order chi connectivity index (χ1) is 13.8. The van der Waals surface area contributed by atoms with Gasteiger partial charge in [0.25, 0.3) is 5.89 Å². The molecule has 1 aromatic carbocycles. The Morgan fingerprint density at radius 2 is 1.86 bits per heavy atom. The number of hydrogen-bond donors (Lipinski definition) is 1. The topological polar surface area (TPSA) is 85.5 Å². The summed E-state index contributed by atoms with van der Waals surface area (Å²) in [4.78, 5) is 11.3. The van der Waals surface area contributed by atoms with E-state index in [-0.39, 0.29) is 0 Å². The molecule has 0 aliphatic carbocycles. The number of methoxy groups -OCH3 is 1. The van der Waals surface area contributed by atoms with Crippen LogP contribution < -0.4 is 10.1 Å². The largest absolute Gasteiger partial charge is 0.497 e.